The molecule has 8 nitrogen and oxygen atoms in total. The lowest BCUT2D eigenvalue weighted by Gasteiger charge is -2.29. The molecule has 1 heterocycles. The third kappa shape index (κ3) is 4.27. The van der Waals surface area contributed by atoms with Gasteiger partial charge in [-0.2, -0.15) is 0 Å². The van der Waals surface area contributed by atoms with Crippen molar-refractivity contribution < 1.29 is 19.1 Å². The molecule has 1 aliphatic heterocycles. The normalized spacial score (nSPS) is 14.9. The minimum atomic E-state index is -0.694. The summed E-state index contributed by atoms with van der Waals surface area (Å²) in [5, 5.41) is 3.99. The Hall–Kier alpha value is -2.45. The van der Waals surface area contributed by atoms with E-state index in [0.29, 0.717) is 32.0 Å². The summed E-state index contributed by atoms with van der Waals surface area (Å²) in [5.41, 5.74) is 3.06. The number of hydrogen-bond acceptors (Lipinski definition) is 5. The Labute approximate surface area is 128 Å². The van der Waals surface area contributed by atoms with E-state index in [1.165, 1.54) is 0 Å². The number of nitrogens with zero attached hydrogens (tertiary/aromatic N) is 2. The topological polar surface area (TPSA) is 91.0 Å². The van der Waals surface area contributed by atoms with Crippen molar-refractivity contribution in [3.05, 3.63) is 30.3 Å². The summed E-state index contributed by atoms with van der Waals surface area (Å²) in [7, 11) is 0. The Morgan fingerprint density at radius 2 is 1.86 bits per heavy atom. The van der Waals surface area contributed by atoms with Gasteiger partial charge in [0, 0.05) is 13.1 Å². The maximum absolute atomic E-state index is 12.4. The van der Waals surface area contributed by atoms with Crippen molar-refractivity contribution >= 4 is 24.0 Å². The number of benzene rings is 1. The summed E-state index contributed by atoms with van der Waals surface area (Å²) in [5.74, 6) is 0. The van der Waals surface area contributed by atoms with Gasteiger partial charge in [-0.15, -0.1) is 0 Å². The minimum absolute atomic E-state index is 0.285. The molecule has 0 atom stereocenters. The van der Waals surface area contributed by atoms with Gasteiger partial charge in [-0.05, 0) is 12.1 Å². The van der Waals surface area contributed by atoms with Crippen molar-refractivity contribution in [2.24, 2.45) is 0 Å². The van der Waals surface area contributed by atoms with Gasteiger partial charge in [0.1, 0.15) is 0 Å². The Morgan fingerprint density at radius 1 is 1.18 bits per heavy atom. The molecule has 1 aromatic rings. The Bertz CT molecular complexity index is 517. The van der Waals surface area contributed by atoms with Crippen LogP contribution >= 0.6 is 0 Å². The van der Waals surface area contributed by atoms with Gasteiger partial charge in [-0.25, -0.2) is 19.5 Å². The van der Waals surface area contributed by atoms with Gasteiger partial charge in [0.05, 0.1) is 25.4 Å². The molecule has 1 radical (unpaired) electrons. The molecule has 1 fully saturated rings. The number of ether oxygens (including phenoxy) is 1. The van der Waals surface area contributed by atoms with Crippen LogP contribution in [-0.2, 0) is 9.53 Å². The highest BCUT2D eigenvalue weighted by Crippen LogP contribution is 2.13. The molecule has 0 spiro atoms. The summed E-state index contributed by atoms with van der Waals surface area (Å²) in [6.45, 7) is 1.82. The first-order valence-electron chi connectivity index (χ1n) is 6.83. The summed E-state index contributed by atoms with van der Waals surface area (Å²) in [6.07, 6.45) is 1.56. The number of amides is 4. The first kappa shape index (κ1) is 15.9. The number of rotatable bonds is 4. The monoisotopic (exact) mass is 305 g/mol. The first-order valence-corrected chi connectivity index (χ1v) is 6.83. The van der Waals surface area contributed by atoms with Crippen molar-refractivity contribution in [3.63, 3.8) is 0 Å². The number of hydrazine groups is 1. The van der Waals surface area contributed by atoms with Gasteiger partial charge < -0.3 is 10.1 Å². The molecule has 0 saturated carbocycles. The van der Waals surface area contributed by atoms with Crippen LogP contribution in [0.1, 0.15) is 0 Å². The molecule has 0 aromatic heterocycles. The molecule has 1 aliphatic rings. The fourth-order valence-corrected chi connectivity index (χ4v) is 1.95. The van der Waals surface area contributed by atoms with Crippen LogP contribution in [0.3, 0.4) is 0 Å². The highest BCUT2D eigenvalue weighted by molar-refractivity contribution is 6.13. The van der Waals surface area contributed by atoms with Crippen LogP contribution < -0.4 is 15.6 Å². The zero-order chi connectivity index (χ0) is 15.8. The van der Waals surface area contributed by atoms with Crippen molar-refractivity contribution in [1.82, 2.24) is 15.8 Å². The van der Waals surface area contributed by atoms with E-state index < -0.39 is 12.1 Å². The molecular weight excluding hydrogens is 288 g/mol. The van der Waals surface area contributed by atoms with E-state index >= 15 is 0 Å². The highest BCUT2D eigenvalue weighted by atomic mass is 16.5. The molecule has 117 valence electrons. The Balaban J connectivity index is 2.10. The van der Waals surface area contributed by atoms with Gasteiger partial charge in [0.15, 0.2) is 0 Å². The van der Waals surface area contributed by atoms with Crippen LogP contribution in [0.25, 0.3) is 0 Å². The second-order valence-electron chi connectivity index (χ2n) is 4.49. The number of nitrogens with one attached hydrogen (secondary N) is 2. The van der Waals surface area contributed by atoms with Crippen molar-refractivity contribution in [1.29, 1.82) is 0 Å². The Kier molecular flexibility index (Phi) is 5.87. The summed E-state index contributed by atoms with van der Waals surface area (Å²) < 4.78 is 5.20. The van der Waals surface area contributed by atoms with Gasteiger partial charge in [0.2, 0.25) is 6.29 Å². The Morgan fingerprint density at radius 3 is 2.50 bits per heavy atom. The third-order valence-corrected chi connectivity index (χ3v) is 3.00. The van der Waals surface area contributed by atoms with Crippen molar-refractivity contribution in [3.8, 4) is 0 Å². The molecule has 22 heavy (non-hydrogen) atoms. The smallest absolute Gasteiger partial charge is 0.344 e. The molecule has 1 aromatic carbocycles. The van der Waals surface area contributed by atoms with Gasteiger partial charge >= 0.3 is 12.1 Å². The van der Waals surface area contributed by atoms with Crippen molar-refractivity contribution in [2.75, 3.05) is 37.7 Å². The zero-order valence-electron chi connectivity index (χ0n) is 11.9. The lowest BCUT2D eigenvalue weighted by Crippen LogP contribution is -2.56. The largest absolute Gasteiger partial charge is 0.379 e. The molecule has 0 aliphatic carbocycles. The number of anilines is 1. The quantitative estimate of drug-likeness (QED) is 0.833. The maximum Gasteiger partial charge on any atom is 0.344 e. The zero-order valence-corrected chi connectivity index (χ0v) is 11.9. The van der Waals surface area contributed by atoms with E-state index in [4.69, 9.17) is 4.74 Å². The SMILES string of the molecule is O=[C]CNC(=O)N(C(=O)NN1CCOCC1)c1ccccc1. The summed E-state index contributed by atoms with van der Waals surface area (Å²) >= 11 is 0. The fraction of sp³-hybridized carbons (Fsp3) is 0.357. The van der Waals surface area contributed by atoms with Crippen LogP contribution in [0.2, 0.25) is 0 Å². The van der Waals surface area contributed by atoms with Crippen LogP contribution in [0, 0.1) is 0 Å². The van der Waals surface area contributed by atoms with E-state index in [9.17, 15) is 14.4 Å². The number of hydrogen-bond donors (Lipinski definition) is 2. The minimum Gasteiger partial charge on any atom is -0.379 e. The number of carbonyl (C=O) groups excluding carboxylic acids is 3. The van der Waals surface area contributed by atoms with E-state index in [1.807, 2.05) is 0 Å². The van der Waals surface area contributed by atoms with Gasteiger partial charge in [0.25, 0.3) is 0 Å². The lowest BCUT2D eigenvalue weighted by atomic mass is 10.3. The first-order chi connectivity index (χ1) is 10.7. The van der Waals surface area contributed by atoms with Gasteiger partial charge in [-0.1, -0.05) is 18.2 Å². The van der Waals surface area contributed by atoms with E-state index in [1.54, 1.807) is 41.6 Å². The third-order valence-electron chi connectivity index (χ3n) is 3.00. The maximum atomic E-state index is 12.4. The van der Waals surface area contributed by atoms with E-state index in [-0.39, 0.29) is 6.54 Å². The molecule has 2 rings (SSSR count). The predicted molar refractivity (Wildman–Crippen MR) is 78.9 cm³/mol. The standard InChI is InChI=1S/C14H17N4O4/c19-9-6-15-13(20)18(12-4-2-1-3-5-12)14(21)16-17-7-10-22-11-8-17/h1-5H,6-8,10-11H2,(H,15,20)(H,16,21). The highest BCUT2D eigenvalue weighted by Gasteiger charge is 2.25. The van der Waals surface area contributed by atoms with Crippen LogP contribution in [0.15, 0.2) is 30.3 Å². The predicted octanol–water partition coefficient (Wildman–Crippen LogP) is 0.269. The molecule has 2 N–H and O–H groups in total. The summed E-state index contributed by atoms with van der Waals surface area (Å²) in [4.78, 5) is 35.7. The summed E-state index contributed by atoms with van der Waals surface area (Å²) in [6, 6.07) is 7.16. The number of imide groups is 1. The molecule has 0 bridgehead atoms. The van der Waals surface area contributed by atoms with Crippen LogP contribution in [-0.4, -0.2) is 56.2 Å². The second kappa shape index (κ2) is 8.11. The van der Waals surface area contributed by atoms with Gasteiger partial charge in [-0.3, -0.25) is 10.2 Å². The molecule has 4 amide bonds. The second-order valence-corrected chi connectivity index (χ2v) is 4.49. The lowest BCUT2D eigenvalue weighted by molar-refractivity contribution is 0.0203. The number of morpholine rings is 1. The average Bonchev–Trinajstić information content (AvgIpc) is 2.55. The van der Waals surface area contributed by atoms with E-state index in [0.717, 1.165) is 4.90 Å². The molecule has 8 heteroatoms. The van der Waals surface area contributed by atoms with Crippen molar-refractivity contribution in [2.45, 2.75) is 0 Å². The fourth-order valence-electron chi connectivity index (χ4n) is 1.95. The van der Waals surface area contributed by atoms with Crippen LogP contribution in [0.5, 0.6) is 0 Å². The number of urea groups is 2. The molecule has 1 saturated heterocycles. The number of para-hydroxylation sites is 1. The molecular formula is C14H17N4O4. The van der Waals surface area contributed by atoms with Crippen LogP contribution in [0.4, 0.5) is 15.3 Å². The molecule has 0 unspecified atom stereocenters. The van der Waals surface area contributed by atoms with E-state index in [2.05, 4.69) is 10.7 Å². The average molecular weight is 305 g/mol. The number of carbonyl (C=O) groups is 2.